The van der Waals surface area contributed by atoms with Crippen molar-refractivity contribution in [3.05, 3.63) is 24.5 Å². The van der Waals surface area contributed by atoms with E-state index < -0.39 is 0 Å². The molecule has 3 rings (SSSR count). The van der Waals surface area contributed by atoms with Crippen LogP contribution in [0.3, 0.4) is 0 Å². The van der Waals surface area contributed by atoms with Crippen LogP contribution >= 0.6 is 0 Å². The van der Waals surface area contributed by atoms with Crippen molar-refractivity contribution in [3.8, 4) is 0 Å². The summed E-state index contributed by atoms with van der Waals surface area (Å²) in [5.41, 5.74) is 0.550. The van der Waals surface area contributed by atoms with Gasteiger partial charge in [0.15, 0.2) is 0 Å². The first kappa shape index (κ1) is 11.2. The van der Waals surface area contributed by atoms with Crippen LogP contribution in [0.15, 0.2) is 24.5 Å². The van der Waals surface area contributed by atoms with E-state index in [4.69, 9.17) is 0 Å². The smallest absolute Gasteiger partial charge is 0.258 e. The van der Waals surface area contributed by atoms with Crippen molar-refractivity contribution in [2.45, 2.75) is 18.9 Å². The molecule has 0 saturated carbocycles. The van der Waals surface area contributed by atoms with Gasteiger partial charge in [0.25, 0.3) is 11.8 Å². The van der Waals surface area contributed by atoms with Crippen molar-refractivity contribution in [1.29, 1.82) is 0 Å². The summed E-state index contributed by atoms with van der Waals surface area (Å²) in [5, 5.41) is 7.56. The standard InChI is InChI=1S/C12H14N4O2/c17-11-1-2-12(18)16(11)10-7-14-15(8-10)9-3-5-13-6-4-9/h1-2,7-9,13H,3-6H2. The van der Waals surface area contributed by atoms with Crippen LogP contribution in [0.4, 0.5) is 5.69 Å². The normalized spacial score (nSPS) is 21.0. The van der Waals surface area contributed by atoms with Crippen LogP contribution in [0.5, 0.6) is 0 Å². The highest BCUT2D eigenvalue weighted by Crippen LogP contribution is 2.23. The maximum absolute atomic E-state index is 11.5. The molecule has 0 unspecified atom stereocenters. The second kappa shape index (κ2) is 4.38. The van der Waals surface area contributed by atoms with Crippen molar-refractivity contribution >= 4 is 17.5 Å². The van der Waals surface area contributed by atoms with E-state index in [9.17, 15) is 9.59 Å². The summed E-state index contributed by atoms with van der Waals surface area (Å²) < 4.78 is 1.86. The van der Waals surface area contributed by atoms with Gasteiger partial charge in [-0.15, -0.1) is 0 Å². The van der Waals surface area contributed by atoms with Crippen molar-refractivity contribution in [2.24, 2.45) is 0 Å². The molecule has 2 amide bonds. The van der Waals surface area contributed by atoms with Crippen LogP contribution in [0, 0.1) is 0 Å². The number of carbonyl (C=O) groups is 2. The van der Waals surface area contributed by atoms with Gasteiger partial charge >= 0.3 is 0 Å². The molecule has 6 heteroatoms. The van der Waals surface area contributed by atoms with Gasteiger partial charge in [-0.05, 0) is 25.9 Å². The Hall–Kier alpha value is -1.95. The van der Waals surface area contributed by atoms with Crippen LogP contribution in [-0.4, -0.2) is 34.7 Å². The van der Waals surface area contributed by atoms with E-state index >= 15 is 0 Å². The second-order valence-corrected chi connectivity index (χ2v) is 4.50. The summed E-state index contributed by atoms with van der Waals surface area (Å²) in [4.78, 5) is 24.2. The van der Waals surface area contributed by atoms with E-state index in [0.717, 1.165) is 30.8 Å². The number of nitrogens with zero attached hydrogens (tertiary/aromatic N) is 3. The molecule has 0 aliphatic carbocycles. The molecule has 0 radical (unpaired) electrons. The summed E-state index contributed by atoms with van der Waals surface area (Å²) in [5.74, 6) is -0.602. The zero-order valence-electron chi connectivity index (χ0n) is 9.87. The molecule has 0 atom stereocenters. The average molecular weight is 246 g/mol. The van der Waals surface area contributed by atoms with Crippen molar-refractivity contribution < 1.29 is 9.59 Å². The zero-order chi connectivity index (χ0) is 12.5. The minimum absolute atomic E-state index is 0.301. The third-order valence-electron chi connectivity index (χ3n) is 3.34. The molecule has 1 aromatic rings. The molecule has 1 aromatic heterocycles. The number of amides is 2. The van der Waals surface area contributed by atoms with Gasteiger partial charge in [0.2, 0.25) is 0 Å². The summed E-state index contributed by atoms with van der Waals surface area (Å²) in [7, 11) is 0. The third-order valence-corrected chi connectivity index (χ3v) is 3.34. The second-order valence-electron chi connectivity index (χ2n) is 4.50. The van der Waals surface area contributed by atoms with Gasteiger partial charge in [0.05, 0.1) is 17.9 Å². The Bertz CT molecular complexity index is 496. The Kier molecular flexibility index (Phi) is 2.71. The molecule has 0 bridgehead atoms. The lowest BCUT2D eigenvalue weighted by molar-refractivity contribution is -0.119. The Morgan fingerprint density at radius 1 is 1.17 bits per heavy atom. The maximum Gasteiger partial charge on any atom is 0.258 e. The number of imide groups is 1. The van der Waals surface area contributed by atoms with Gasteiger partial charge in [0, 0.05) is 18.3 Å². The summed E-state index contributed by atoms with van der Waals surface area (Å²) in [6.45, 7) is 1.95. The van der Waals surface area contributed by atoms with Crippen LogP contribution in [-0.2, 0) is 9.59 Å². The Morgan fingerprint density at radius 3 is 2.50 bits per heavy atom. The molecular weight excluding hydrogens is 232 g/mol. The van der Waals surface area contributed by atoms with E-state index in [1.807, 2.05) is 4.68 Å². The topological polar surface area (TPSA) is 67.2 Å². The molecule has 1 saturated heterocycles. The maximum atomic E-state index is 11.5. The number of hydrogen-bond donors (Lipinski definition) is 1. The van der Waals surface area contributed by atoms with Crippen LogP contribution in [0.25, 0.3) is 0 Å². The number of anilines is 1. The highest BCUT2D eigenvalue weighted by molar-refractivity contribution is 6.28. The fourth-order valence-electron chi connectivity index (χ4n) is 2.37. The van der Waals surface area contributed by atoms with Crippen molar-refractivity contribution in [3.63, 3.8) is 0 Å². The lowest BCUT2D eigenvalue weighted by atomic mass is 10.1. The van der Waals surface area contributed by atoms with Gasteiger partial charge in [-0.1, -0.05) is 0 Å². The first-order valence-electron chi connectivity index (χ1n) is 6.07. The average Bonchev–Trinajstić information content (AvgIpc) is 2.98. The SMILES string of the molecule is O=C1C=CC(=O)N1c1cnn(C2CCNCC2)c1. The number of rotatable bonds is 2. The Morgan fingerprint density at radius 2 is 1.83 bits per heavy atom. The van der Waals surface area contributed by atoms with Crippen molar-refractivity contribution in [2.75, 3.05) is 18.0 Å². The summed E-state index contributed by atoms with van der Waals surface area (Å²) in [6, 6.07) is 0.348. The molecule has 6 nitrogen and oxygen atoms in total. The largest absolute Gasteiger partial charge is 0.317 e. The van der Waals surface area contributed by atoms with Gasteiger partial charge in [-0.25, -0.2) is 4.90 Å². The number of carbonyl (C=O) groups excluding carboxylic acids is 2. The molecule has 3 heterocycles. The van der Waals surface area contributed by atoms with Gasteiger partial charge in [-0.2, -0.15) is 5.10 Å². The fourth-order valence-corrected chi connectivity index (χ4v) is 2.37. The minimum Gasteiger partial charge on any atom is -0.317 e. The Labute approximate surface area is 104 Å². The number of hydrogen-bond acceptors (Lipinski definition) is 4. The van der Waals surface area contributed by atoms with E-state index in [1.165, 1.54) is 12.2 Å². The van der Waals surface area contributed by atoms with E-state index in [0.29, 0.717) is 11.7 Å². The number of piperidine rings is 1. The monoisotopic (exact) mass is 246 g/mol. The highest BCUT2D eigenvalue weighted by Gasteiger charge is 2.27. The number of aromatic nitrogens is 2. The van der Waals surface area contributed by atoms with Crippen LogP contribution < -0.4 is 10.2 Å². The van der Waals surface area contributed by atoms with E-state index in [2.05, 4.69) is 10.4 Å². The lowest BCUT2D eigenvalue weighted by Gasteiger charge is -2.22. The molecule has 94 valence electrons. The minimum atomic E-state index is -0.301. The van der Waals surface area contributed by atoms with E-state index in [-0.39, 0.29) is 11.8 Å². The summed E-state index contributed by atoms with van der Waals surface area (Å²) >= 11 is 0. The first-order chi connectivity index (χ1) is 8.75. The highest BCUT2D eigenvalue weighted by atomic mass is 16.2. The fraction of sp³-hybridized carbons (Fsp3) is 0.417. The molecule has 1 N–H and O–H groups in total. The quantitative estimate of drug-likeness (QED) is 0.759. The van der Waals surface area contributed by atoms with E-state index in [1.54, 1.807) is 12.4 Å². The van der Waals surface area contributed by atoms with Gasteiger partial charge in [-0.3, -0.25) is 14.3 Å². The van der Waals surface area contributed by atoms with Crippen molar-refractivity contribution in [1.82, 2.24) is 15.1 Å². The van der Waals surface area contributed by atoms with Crippen LogP contribution in [0.2, 0.25) is 0 Å². The zero-order valence-corrected chi connectivity index (χ0v) is 9.87. The molecule has 18 heavy (non-hydrogen) atoms. The van der Waals surface area contributed by atoms with Gasteiger partial charge < -0.3 is 5.32 Å². The molecular formula is C12H14N4O2. The predicted molar refractivity (Wildman–Crippen MR) is 65.0 cm³/mol. The number of nitrogens with one attached hydrogen (secondary N) is 1. The third kappa shape index (κ3) is 1.84. The first-order valence-corrected chi connectivity index (χ1v) is 6.07. The molecule has 0 aromatic carbocycles. The molecule has 2 aliphatic rings. The van der Waals surface area contributed by atoms with Crippen LogP contribution in [0.1, 0.15) is 18.9 Å². The molecule has 2 aliphatic heterocycles. The summed E-state index contributed by atoms with van der Waals surface area (Å²) in [6.07, 6.45) is 7.94. The predicted octanol–water partition coefficient (Wildman–Crippen LogP) is 0.237. The Balaban J connectivity index is 1.81. The molecule has 0 spiro atoms. The molecule has 1 fully saturated rings. The lowest BCUT2D eigenvalue weighted by Crippen LogP contribution is -2.30. The van der Waals surface area contributed by atoms with Gasteiger partial charge in [0.1, 0.15) is 0 Å².